The minimum atomic E-state index is -3.88. The number of urea groups is 1. The Hall–Kier alpha value is -3.85. The van der Waals surface area contributed by atoms with Crippen molar-refractivity contribution >= 4 is 27.5 Å². The lowest BCUT2D eigenvalue weighted by molar-refractivity contribution is 0.0989. The molecule has 3 amide bonds. The van der Waals surface area contributed by atoms with Gasteiger partial charge in [0.2, 0.25) is 9.84 Å². The molecule has 1 atom stereocenters. The number of benzene rings is 3. The molecule has 5 rings (SSSR count). The van der Waals surface area contributed by atoms with Crippen LogP contribution in [0.3, 0.4) is 0 Å². The van der Waals surface area contributed by atoms with Gasteiger partial charge in [0.25, 0.3) is 5.91 Å². The lowest BCUT2D eigenvalue weighted by Crippen LogP contribution is -2.35. The normalized spacial score (nSPS) is 17.0. The minimum Gasteiger partial charge on any atom is -0.494 e. The number of sulfone groups is 1. The predicted molar refractivity (Wildman–Crippen MR) is 132 cm³/mol. The number of carbonyl (C=O) groups is 2. The third kappa shape index (κ3) is 4.12. The molecule has 0 bridgehead atoms. The van der Waals surface area contributed by atoms with Gasteiger partial charge in [-0.25, -0.2) is 13.2 Å². The molecule has 3 aromatic rings. The van der Waals surface area contributed by atoms with Crippen LogP contribution in [0, 0.1) is 0 Å². The van der Waals surface area contributed by atoms with Gasteiger partial charge in [-0.05, 0) is 60.9 Å². The van der Waals surface area contributed by atoms with Gasteiger partial charge >= 0.3 is 6.03 Å². The number of rotatable bonds is 6. The summed E-state index contributed by atoms with van der Waals surface area (Å²) in [5, 5.41) is 3.95. The third-order valence-electron chi connectivity index (χ3n) is 6.27. The van der Waals surface area contributed by atoms with E-state index in [9.17, 15) is 18.0 Å². The highest BCUT2D eigenvalue weighted by Crippen LogP contribution is 2.42. The summed E-state index contributed by atoms with van der Waals surface area (Å²) in [6, 6.07) is 19.0. The molecule has 3 aromatic carbocycles. The van der Waals surface area contributed by atoms with Crippen LogP contribution >= 0.6 is 0 Å². The van der Waals surface area contributed by atoms with Crippen molar-refractivity contribution in [3.63, 3.8) is 0 Å². The zero-order valence-corrected chi connectivity index (χ0v) is 20.0. The predicted octanol–water partition coefficient (Wildman–Crippen LogP) is 3.37. The lowest BCUT2D eigenvalue weighted by atomic mass is 9.97. The standard InChI is InChI=1S/C26H25N3O5S/c1-2-34-19-10-8-18(9-11-19)25(30)29-15-14-20-21(29)12-13-22(24(20)17-6-4-3-5-7-17)35(32,33)23-16-27-26(31)28-23/h3-13,23H,2,14-16H2,1H3,(H2,27,28,31). The number of fused-ring (bicyclic) bond motifs is 1. The van der Waals surface area contributed by atoms with Crippen LogP contribution in [0.2, 0.25) is 0 Å². The first-order valence-corrected chi connectivity index (χ1v) is 13.0. The second-order valence-corrected chi connectivity index (χ2v) is 10.5. The number of nitrogens with one attached hydrogen (secondary N) is 2. The van der Waals surface area contributed by atoms with Gasteiger partial charge < -0.3 is 20.3 Å². The zero-order chi connectivity index (χ0) is 24.6. The molecule has 0 spiro atoms. The van der Waals surface area contributed by atoms with Crippen molar-refractivity contribution in [2.45, 2.75) is 23.6 Å². The fourth-order valence-electron chi connectivity index (χ4n) is 4.63. The summed E-state index contributed by atoms with van der Waals surface area (Å²) >= 11 is 0. The summed E-state index contributed by atoms with van der Waals surface area (Å²) < 4.78 is 32.6. The molecule has 8 nitrogen and oxygen atoms in total. The molecule has 2 heterocycles. The molecule has 35 heavy (non-hydrogen) atoms. The van der Waals surface area contributed by atoms with Crippen LogP contribution in [0.15, 0.2) is 71.6 Å². The first kappa shape index (κ1) is 22.9. The van der Waals surface area contributed by atoms with E-state index in [4.69, 9.17) is 4.74 Å². The Morgan fingerprint density at radius 3 is 2.46 bits per heavy atom. The van der Waals surface area contributed by atoms with Crippen molar-refractivity contribution in [3.8, 4) is 16.9 Å². The van der Waals surface area contributed by atoms with E-state index in [1.165, 1.54) is 0 Å². The van der Waals surface area contributed by atoms with E-state index in [2.05, 4.69) is 10.6 Å². The Balaban J connectivity index is 1.58. The Morgan fingerprint density at radius 1 is 1.06 bits per heavy atom. The molecule has 2 aliphatic rings. The molecule has 1 unspecified atom stereocenters. The molecule has 9 heteroatoms. The van der Waals surface area contributed by atoms with Crippen LogP contribution in [0.4, 0.5) is 10.5 Å². The highest BCUT2D eigenvalue weighted by Gasteiger charge is 2.38. The third-order valence-corrected chi connectivity index (χ3v) is 8.25. The Kier molecular flexibility index (Phi) is 5.94. The lowest BCUT2D eigenvalue weighted by Gasteiger charge is -2.21. The average molecular weight is 492 g/mol. The van der Waals surface area contributed by atoms with Gasteiger partial charge in [0.05, 0.1) is 18.0 Å². The van der Waals surface area contributed by atoms with E-state index < -0.39 is 21.2 Å². The topological polar surface area (TPSA) is 105 Å². The van der Waals surface area contributed by atoms with Crippen molar-refractivity contribution in [2.24, 2.45) is 0 Å². The van der Waals surface area contributed by atoms with Gasteiger partial charge in [-0.1, -0.05) is 30.3 Å². The number of hydrogen-bond donors (Lipinski definition) is 2. The first-order chi connectivity index (χ1) is 16.9. The quantitative estimate of drug-likeness (QED) is 0.550. The van der Waals surface area contributed by atoms with Gasteiger partial charge in [-0.3, -0.25) is 4.79 Å². The molecule has 0 saturated carbocycles. The highest BCUT2D eigenvalue weighted by molar-refractivity contribution is 7.92. The van der Waals surface area contributed by atoms with Gasteiger partial charge in [0, 0.05) is 23.4 Å². The van der Waals surface area contributed by atoms with E-state index >= 15 is 0 Å². The summed E-state index contributed by atoms with van der Waals surface area (Å²) in [7, 11) is -3.88. The van der Waals surface area contributed by atoms with Gasteiger partial charge in [0.1, 0.15) is 5.75 Å². The minimum absolute atomic E-state index is 0.00513. The number of ether oxygens (including phenoxy) is 1. The van der Waals surface area contributed by atoms with Gasteiger partial charge in [0.15, 0.2) is 5.37 Å². The van der Waals surface area contributed by atoms with Gasteiger partial charge in [-0.15, -0.1) is 0 Å². The van der Waals surface area contributed by atoms with Crippen LogP contribution in [-0.2, 0) is 16.3 Å². The molecule has 2 aliphatic heterocycles. The Bertz CT molecular complexity index is 1390. The van der Waals surface area contributed by atoms with E-state index in [1.807, 2.05) is 37.3 Å². The van der Waals surface area contributed by atoms with E-state index in [0.29, 0.717) is 42.1 Å². The molecule has 0 radical (unpaired) electrons. The van der Waals surface area contributed by atoms with Crippen molar-refractivity contribution < 1.29 is 22.7 Å². The van der Waals surface area contributed by atoms with Crippen molar-refractivity contribution in [1.29, 1.82) is 0 Å². The molecule has 1 saturated heterocycles. The molecule has 1 fully saturated rings. The summed E-state index contributed by atoms with van der Waals surface area (Å²) in [5.41, 5.74) is 3.34. The highest BCUT2D eigenvalue weighted by atomic mass is 32.2. The van der Waals surface area contributed by atoms with Crippen LogP contribution in [0.25, 0.3) is 11.1 Å². The number of nitrogens with zero attached hydrogens (tertiary/aromatic N) is 1. The summed E-state index contributed by atoms with van der Waals surface area (Å²) in [6.45, 7) is 2.87. The number of amides is 3. The zero-order valence-electron chi connectivity index (χ0n) is 19.2. The van der Waals surface area contributed by atoms with Crippen LogP contribution in [-0.4, -0.2) is 45.4 Å². The maximum absolute atomic E-state index is 13.5. The first-order valence-electron chi connectivity index (χ1n) is 11.4. The van der Waals surface area contributed by atoms with Crippen molar-refractivity contribution in [1.82, 2.24) is 10.6 Å². The summed E-state index contributed by atoms with van der Waals surface area (Å²) in [6.07, 6.45) is 0.515. The number of carbonyl (C=O) groups excluding carboxylic acids is 2. The van der Waals surface area contributed by atoms with Crippen LogP contribution < -0.4 is 20.3 Å². The number of anilines is 1. The van der Waals surface area contributed by atoms with E-state index in [-0.39, 0.29) is 17.3 Å². The maximum atomic E-state index is 13.5. The van der Waals surface area contributed by atoms with Crippen LogP contribution in [0.5, 0.6) is 5.75 Å². The molecule has 180 valence electrons. The summed E-state index contributed by atoms with van der Waals surface area (Å²) in [4.78, 5) is 26.8. The SMILES string of the molecule is CCOc1ccc(C(=O)N2CCc3c2ccc(S(=O)(=O)C2CNC(=O)N2)c3-c2ccccc2)cc1. The Morgan fingerprint density at radius 2 is 1.80 bits per heavy atom. The number of hydrogen-bond acceptors (Lipinski definition) is 5. The second-order valence-electron chi connectivity index (χ2n) is 8.35. The van der Waals surface area contributed by atoms with Crippen LogP contribution in [0.1, 0.15) is 22.8 Å². The molecular formula is C26H25N3O5S. The maximum Gasteiger partial charge on any atom is 0.315 e. The largest absolute Gasteiger partial charge is 0.494 e. The smallest absolute Gasteiger partial charge is 0.315 e. The fraction of sp³-hybridized carbons (Fsp3) is 0.231. The second kappa shape index (κ2) is 9.07. The summed E-state index contributed by atoms with van der Waals surface area (Å²) in [5.74, 6) is 0.536. The van der Waals surface area contributed by atoms with Crippen molar-refractivity contribution in [2.75, 3.05) is 24.6 Å². The monoisotopic (exact) mass is 491 g/mol. The van der Waals surface area contributed by atoms with Crippen molar-refractivity contribution in [3.05, 3.63) is 77.9 Å². The van der Waals surface area contributed by atoms with E-state index in [0.717, 1.165) is 11.1 Å². The Labute approximate surface area is 203 Å². The molecular weight excluding hydrogens is 466 g/mol. The molecule has 0 aliphatic carbocycles. The van der Waals surface area contributed by atoms with E-state index in [1.54, 1.807) is 41.3 Å². The molecule has 2 N–H and O–H groups in total. The molecule has 0 aromatic heterocycles. The van der Waals surface area contributed by atoms with Gasteiger partial charge in [-0.2, -0.15) is 0 Å². The average Bonchev–Trinajstić information content (AvgIpc) is 3.51. The fourth-order valence-corrected chi connectivity index (χ4v) is 6.28.